The lowest BCUT2D eigenvalue weighted by Crippen LogP contribution is -2.46. The van der Waals surface area contributed by atoms with Gasteiger partial charge in [0.2, 0.25) is 5.95 Å². The molecule has 8 heteroatoms. The number of morpholine rings is 2. The predicted molar refractivity (Wildman–Crippen MR) is 94.4 cm³/mol. The molecule has 2 aliphatic heterocycles. The van der Waals surface area contributed by atoms with Gasteiger partial charge in [0, 0.05) is 44.8 Å². The van der Waals surface area contributed by atoms with Crippen LogP contribution in [0.25, 0.3) is 0 Å². The van der Waals surface area contributed by atoms with Crippen LogP contribution in [0.3, 0.4) is 0 Å². The van der Waals surface area contributed by atoms with E-state index in [9.17, 15) is 0 Å². The van der Waals surface area contributed by atoms with Gasteiger partial charge in [-0.2, -0.15) is 9.97 Å². The summed E-state index contributed by atoms with van der Waals surface area (Å²) in [7, 11) is 0. The van der Waals surface area contributed by atoms with Crippen LogP contribution in [0.5, 0.6) is 0 Å². The monoisotopic (exact) mass is 336 g/mol. The fourth-order valence-electron chi connectivity index (χ4n) is 3.14. The van der Waals surface area contributed by atoms with Crippen molar-refractivity contribution >= 4 is 17.6 Å². The van der Waals surface area contributed by atoms with E-state index in [0.29, 0.717) is 31.0 Å². The first-order chi connectivity index (χ1) is 11.8. The van der Waals surface area contributed by atoms with Gasteiger partial charge in [0.1, 0.15) is 11.6 Å². The molecule has 2 saturated heterocycles. The van der Waals surface area contributed by atoms with E-state index in [4.69, 9.17) is 15.2 Å². The zero-order valence-corrected chi connectivity index (χ0v) is 14.4. The third-order valence-corrected chi connectivity index (χ3v) is 4.58. The molecule has 24 heavy (non-hydrogen) atoms. The SMILES string of the molecule is CC[C@H](CNc1cc(N)nc(N2CCOCC2)n1)N1CCOCC1. The lowest BCUT2D eigenvalue weighted by atomic mass is 10.1. The van der Waals surface area contributed by atoms with Crippen LogP contribution in [0.4, 0.5) is 17.6 Å². The molecule has 2 aliphatic rings. The Morgan fingerprint density at radius 3 is 2.46 bits per heavy atom. The van der Waals surface area contributed by atoms with E-state index in [1.165, 1.54) is 0 Å². The molecule has 3 heterocycles. The van der Waals surface area contributed by atoms with Crippen molar-refractivity contribution in [1.82, 2.24) is 14.9 Å². The molecule has 0 amide bonds. The zero-order chi connectivity index (χ0) is 16.8. The van der Waals surface area contributed by atoms with Crippen molar-refractivity contribution in [2.24, 2.45) is 0 Å². The zero-order valence-electron chi connectivity index (χ0n) is 14.4. The maximum Gasteiger partial charge on any atom is 0.229 e. The van der Waals surface area contributed by atoms with Gasteiger partial charge >= 0.3 is 0 Å². The van der Waals surface area contributed by atoms with Gasteiger partial charge in [-0.25, -0.2) is 0 Å². The minimum Gasteiger partial charge on any atom is -0.383 e. The minimum atomic E-state index is 0.469. The first-order valence-corrected chi connectivity index (χ1v) is 8.79. The summed E-state index contributed by atoms with van der Waals surface area (Å²) in [4.78, 5) is 13.6. The Bertz CT molecular complexity index is 517. The summed E-state index contributed by atoms with van der Waals surface area (Å²) in [5.74, 6) is 1.96. The van der Waals surface area contributed by atoms with Crippen molar-refractivity contribution in [3.63, 3.8) is 0 Å². The average Bonchev–Trinajstić information content (AvgIpc) is 2.63. The third kappa shape index (κ3) is 4.46. The number of nitrogens with one attached hydrogen (secondary N) is 1. The number of nitrogen functional groups attached to an aromatic ring is 1. The highest BCUT2D eigenvalue weighted by Crippen LogP contribution is 2.17. The lowest BCUT2D eigenvalue weighted by Gasteiger charge is -2.34. The standard InChI is InChI=1S/C16H28N6O2/c1-2-13(21-3-7-23-8-4-21)12-18-15-11-14(17)19-16(20-15)22-5-9-24-10-6-22/h11,13H,2-10,12H2,1H3,(H3,17,18,19,20)/t13-/m1/s1. The van der Waals surface area contributed by atoms with Crippen molar-refractivity contribution in [1.29, 1.82) is 0 Å². The van der Waals surface area contributed by atoms with Gasteiger partial charge in [0.25, 0.3) is 0 Å². The molecule has 134 valence electrons. The summed E-state index contributed by atoms with van der Waals surface area (Å²) < 4.78 is 10.8. The van der Waals surface area contributed by atoms with Crippen LogP contribution in [0.15, 0.2) is 6.07 Å². The summed E-state index contributed by atoms with van der Waals surface area (Å²) in [6, 6.07) is 2.27. The number of anilines is 3. The number of hydrogen-bond donors (Lipinski definition) is 2. The van der Waals surface area contributed by atoms with E-state index >= 15 is 0 Å². The fraction of sp³-hybridized carbons (Fsp3) is 0.750. The molecule has 0 bridgehead atoms. The van der Waals surface area contributed by atoms with Crippen LogP contribution in [-0.4, -0.2) is 80.1 Å². The lowest BCUT2D eigenvalue weighted by molar-refractivity contribution is 0.0184. The molecule has 0 saturated carbocycles. The highest BCUT2D eigenvalue weighted by Gasteiger charge is 2.20. The summed E-state index contributed by atoms with van der Waals surface area (Å²) >= 11 is 0. The molecule has 0 aliphatic carbocycles. The molecule has 3 N–H and O–H groups in total. The van der Waals surface area contributed by atoms with Gasteiger partial charge in [0.05, 0.1) is 26.4 Å². The third-order valence-electron chi connectivity index (χ3n) is 4.58. The Morgan fingerprint density at radius 2 is 1.79 bits per heavy atom. The second kappa shape index (κ2) is 8.46. The Kier molecular flexibility index (Phi) is 6.06. The van der Waals surface area contributed by atoms with Crippen molar-refractivity contribution < 1.29 is 9.47 Å². The highest BCUT2D eigenvalue weighted by molar-refractivity contribution is 5.51. The van der Waals surface area contributed by atoms with Crippen molar-refractivity contribution in [3.05, 3.63) is 6.07 Å². The van der Waals surface area contributed by atoms with Gasteiger partial charge in [-0.05, 0) is 6.42 Å². The molecular formula is C16H28N6O2. The van der Waals surface area contributed by atoms with Crippen LogP contribution in [-0.2, 0) is 9.47 Å². The summed E-state index contributed by atoms with van der Waals surface area (Å²) in [5.41, 5.74) is 5.97. The van der Waals surface area contributed by atoms with Crippen LogP contribution >= 0.6 is 0 Å². The molecule has 0 radical (unpaired) electrons. The van der Waals surface area contributed by atoms with Crippen molar-refractivity contribution in [2.75, 3.05) is 75.1 Å². The number of ether oxygens (including phenoxy) is 2. The molecule has 0 aromatic carbocycles. The van der Waals surface area contributed by atoms with Crippen molar-refractivity contribution in [3.8, 4) is 0 Å². The maximum atomic E-state index is 5.97. The Labute approximate surface area is 143 Å². The van der Waals surface area contributed by atoms with Crippen LogP contribution in [0, 0.1) is 0 Å². The number of nitrogens with zero attached hydrogens (tertiary/aromatic N) is 4. The molecule has 3 rings (SSSR count). The topological polar surface area (TPSA) is 88.8 Å². The molecule has 1 aromatic rings. The molecular weight excluding hydrogens is 308 g/mol. The van der Waals surface area contributed by atoms with Gasteiger partial charge in [-0.1, -0.05) is 6.92 Å². The Hall–Kier alpha value is -1.64. The fourth-order valence-corrected chi connectivity index (χ4v) is 3.14. The van der Waals surface area contributed by atoms with Crippen LogP contribution in [0.2, 0.25) is 0 Å². The van der Waals surface area contributed by atoms with Gasteiger partial charge in [0.15, 0.2) is 0 Å². The van der Waals surface area contributed by atoms with E-state index in [0.717, 1.165) is 58.2 Å². The number of aromatic nitrogens is 2. The highest BCUT2D eigenvalue weighted by atomic mass is 16.5. The largest absolute Gasteiger partial charge is 0.383 e. The van der Waals surface area contributed by atoms with E-state index in [-0.39, 0.29) is 0 Å². The summed E-state index contributed by atoms with van der Waals surface area (Å²) in [5, 5.41) is 3.44. The summed E-state index contributed by atoms with van der Waals surface area (Å²) in [6.45, 7) is 9.69. The molecule has 2 fully saturated rings. The minimum absolute atomic E-state index is 0.469. The first kappa shape index (κ1) is 17.2. The second-order valence-electron chi connectivity index (χ2n) is 6.17. The smallest absolute Gasteiger partial charge is 0.229 e. The van der Waals surface area contributed by atoms with E-state index in [1.807, 2.05) is 0 Å². The average molecular weight is 336 g/mol. The van der Waals surface area contributed by atoms with Crippen molar-refractivity contribution in [2.45, 2.75) is 19.4 Å². The van der Waals surface area contributed by atoms with Crippen LogP contribution < -0.4 is 16.0 Å². The van der Waals surface area contributed by atoms with Gasteiger partial charge < -0.3 is 25.4 Å². The van der Waals surface area contributed by atoms with Crippen LogP contribution in [0.1, 0.15) is 13.3 Å². The predicted octanol–water partition coefficient (Wildman–Crippen LogP) is 0.418. The Morgan fingerprint density at radius 1 is 1.12 bits per heavy atom. The molecule has 0 unspecified atom stereocenters. The van der Waals surface area contributed by atoms with E-state index in [1.54, 1.807) is 6.07 Å². The van der Waals surface area contributed by atoms with E-state index in [2.05, 4.69) is 32.0 Å². The first-order valence-electron chi connectivity index (χ1n) is 8.79. The molecule has 1 aromatic heterocycles. The van der Waals surface area contributed by atoms with E-state index < -0.39 is 0 Å². The maximum absolute atomic E-state index is 5.97. The Balaban J connectivity index is 1.62. The second-order valence-corrected chi connectivity index (χ2v) is 6.17. The summed E-state index contributed by atoms with van der Waals surface area (Å²) in [6.07, 6.45) is 1.09. The quantitative estimate of drug-likeness (QED) is 0.773. The number of hydrogen-bond acceptors (Lipinski definition) is 8. The molecule has 0 spiro atoms. The molecule has 8 nitrogen and oxygen atoms in total. The van der Waals surface area contributed by atoms with Gasteiger partial charge in [-0.15, -0.1) is 0 Å². The van der Waals surface area contributed by atoms with Gasteiger partial charge in [-0.3, -0.25) is 4.90 Å². The normalized spacial score (nSPS) is 20.8. The molecule has 1 atom stereocenters. The number of rotatable bonds is 6. The number of nitrogens with two attached hydrogens (primary N) is 1.